The molecule has 9 nitrogen and oxygen atoms in total. The number of nitrogens with two attached hydrogens (primary N) is 1. The van der Waals surface area contributed by atoms with Crippen LogP contribution in [0.1, 0.15) is 12.0 Å². The highest BCUT2D eigenvalue weighted by Crippen LogP contribution is 2.47. The van der Waals surface area contributed by atoms with Gasteiger partial charge in [-0.25, -0.2) is 4.79 Å². The van der Waals surface area contributed by atoms with Crippen molar-refractivity contribution in [1.29, 1.82) is 0 Å². The van der Waals surface area contributed by atoms with Crippen LogP contribution in [0.15, 0.2) is 24.3 Å². The number of nitrogens with one attached hydrogen (secondary N) is 1. The first-order valence-electron chi connectivity index (χ1n) is 8.18. The second-order valence-corrected chi connectivity index (χ2v) is 6.37. The third kappa shape index (κ3) is 2.85. The van der Waals surface area contributed by atoms with Crippen LogP contribution in [-0.4, -0.2) is 62.0 Å². The molecule has 1 atom stereocenters. The van der Waals surface area contributed by atoms with E-state index >= 15 is 0 Å². The van der Waals surface area contributed by atoms with E-state index in [1.54, 1.807) is 17.0 Å². The van der Waals surface area contributed by atoms with Gasteiger partial charge in [-0.05, 0) is 18.1 Å². The summed E-state index contributed by atoms with van der Waals surface area (Å²) in [6.45, 7) is 0.172. The van der Waals surface area contributed by atoms with Gasteiger partial charge in [-0.1, -0.05) is 18.2 Å². The molecule has 4 amide bonds. The first-order valence-corrected chi connectivity index (χ1v) is 8.18. The molecule has 0 unspecified atom stereocenters. The van der Waals surface area contributed by atoms with Crippen molar-refractivity contribution < 1.29 is 23.9 Å². The van der Waals surface area contributed by atoms with Crippen molar-refractivity contribution in [3.63, 3.8) is 0 Å². The molecule has 1 fully saturated rings. The molecule has 3 N–H and O–H groups in total. The molecule has 2 aliphatic rings. The average molecular weight is 360 g/mol. The van der Waals surface area contributed by atoms with E-state index in [0.717, 1.165) is 5.56 Å². The maximum atomic E-state index is 13.1. The summed E-state index contributed by atoms with van der Waals surface area (Å²) in [5.41, 5.74) is 5.85. The molecular weight excluding hydrogens is 340 g/mol. The van der Waals surface area contributed by atoms with Crippen LogP contribution in [0.5, 0.6) is 0 Å². The van der Waals surface area contributed by atoms with Crippen LogP contribution in [0.4, 0.5) is 10.5 Å². The van der Waals surface area contributed by atoms with E-state index < -0.39 is 17.4 Å². The number of para-hydroxylation sites is 1. The maximum Gasteiger partial charge on any atom is 0.407 e. The molecule has 0 bridgehead atoms. The number of likely N-dealkylation sites (tertiary alicyclic amines) is 1. The van der Waals surface area contributed by atoms with E-state index in [1.807, 2.05) is 12.1 Å². The Morgan fingerprint density at radius 1 is 1.31 bits per heavy atom. The standard InChI is InChI=1S/C17H20N4O5/c1-26-16(25)19-8-14(23)20-7-6-17(10-20)11-4-2-3-5-12(11)21(15(17)24)9-13(18)22/h2-5H,6-10H2,1H3,(H2,18,22)(H,19,25)/t17-/m1/s1. The molecule has 26 heavy (non-hydrogen) atoms. The van der Waals surface area contributed by atoms with Crippen molar-refractivity contribution in [1.82, 2.24) is 10.2 Å². The molecular formula is C17H20N4O5. The number of rotatable bonds is 4. The predicted molar refractivity (Wildman–Crippen MR) is 91.3 cm³/mol. The number of nitrogens with zero attached hydrogens (tertiary/aromatic N) is 2. The number of carbonyl (C=O) groups excluding carboxylic acids is 4. The van der Waals surface area contributed by atoms with Gasteiger partial charge in [0.25, 0.3) is 0 Å². The summed E-state index contributed by atoms with van der Waals surface area (Å²) in [5, 5.41) is 2.34. The molecule has 1 saturated heterocycles. The number of amides is 4. The van der Waals surface area contributed by atoms with Gasteiger partial charge in [0.15, 0.2) is 0 Å². The van der Waals surface area contributed by atoms with E-state index in [1.165, 1.54) is 12.0 Å². The van der Waals surface area contributed by atoms with E-state index in [4.69, 9.17) is 5.73 Å². The Labute approximate surface area is 150 Å². The fraction of sp³-hybridized carbons (Fsp3) is 0.412. The van der Waals surface area contributed by atoms with Crippen LogP contribution in [0.2, 0.25) is 0 Å². The van der Waals surface area contributed by atoms with Crippen molar-refractivity contribution in [3.05, 3.63) is 29.8 Å². The van der Waals surface area contributed by atoms with Crippen molar-refractivity contribution in [2.45, 2.75) is 11.8 Å². The van der Waals surface area contributed by atoms with E-state index in [9.17, 15) is 19.2 Å². The van der Waals surface area contributed by atoms with Crippen LogP contribution in [-0.2, 0) is 24.5 Å². The molecule has 0 radical (unpaired) electrons. The topological polar surface area (TPSA) is 122 Å². The van der Waals surface area contributed by atoms with E-state index in [-0.39, 0.29) is 31.4 Å². The number of alkyl carbamates (subject to hydrolysis) is 1. The van der Waals surface area contributed by atoms with Gasteiger partial charge in [-0.2, -0.15) is 0 Å². The van der Waals surface area contributed by atoms with Gasteiger partial charge in [0.1, 0.15) is 13.1 Å². The van der Waals surface area contributed by atoms with Gasteiger partial charge >= 0.3 is 6.09 Å². The predicted octanol–water partition coefficient (Wildman–Crippen LogP) is -0.655. The number of ether oxygens (including phenoxy) is 1. The van der Waals surface area contributed by atoms with Crippen molar-refractivity contribution in [2.75, 3.05) is 38.2 Å². The fourth-order valence-electron chi connectivity index (χ4n) is 3.66. The second kappa shape index (κ2) is 6.66. The molecule has 1 aromatic carbocycles. The van der Waals surface area contributed by atoms with Gasteiger partial charge in [0.2, 0.25) is 17.7 Å². The highest BCUT2D eigenvalue weighted by molar-refractivity contribution is 6.11. The number of benzene rings is 1. The Bertz CT molecular complexity index is 780. The first kappa shape index (κ1) is 17.7. The number of fused-ring (bicyclic) bond motifs is 2. The maximum absolute atomic E-state index is 13.1. The van der Waals surface area contributed by atoms with Crippen LogP contribution >= 0.6 is 0 Å². The van der Waals surface area contributed by atoms with Crippen molar-refractivity contribution in [2.24, 2.45) is 5.73 Å². The lowest BCUT2D eigenvalue weighted by molar-refractivity contribution is -0.130. The quantitative estimate of drug-likeness (QED) is 0.738. The van der Waals surface area contributed by atoms with Gasteiger partial charge in [-0.15, -0.1) is 0 Å². The largest absolute Gasteiger partial charge is 0.453 e. The van der Waals surface area contributed by atoms with Gasteiger partial charge < -0.3 is 25.6 Å². The molecule has 9 heteroatoms. The lowest BCUT2D eigenvalue weighted by atomic mass is 9.81. The number of carbonyl (C=O) groups is 4. The monoisotopic (exact) mass is 360 g/mol. The van der Waals surface area contributed by atoms with E-state index in [0.29, 0.717) is 18.7 Å². The SMILES string of the molecule is COC(=O)NCC(=O)N1CC[C@]2(C1)C(=O)N(CC(N)=O)c1ccccc12. The molecule has 0 aliphatic carbocycles. The normalized spacial score (nSPS) is 21.0. The Morgan fingerprint density at radius 3 is 2.73 bits per heavy atom. The number of anilines is 1. The first-order chi connectivity index (χ1) is 12.4. The summed E-state index contributed by atoms with van der Waals surface area (Å²) in [6, 6.07) is 7.23. The zero-order valence-electron chi connectivity index (χ0n) is 14.4. The minimum atomic E-state index is -0.882. The fourth-order valence-corrected chi connectivity index (χ4v) is 3.66. The molecule has 0 aromatic heterocycles. The molecule has 2 aliphatic heterocycles. The highest BCUT2D eigenvalue weighted by atomic mass is 16.5. The molecule has 1 spiro atoms. The molecule has 0 saturated carbocycles. The Hall–Kier alpha value is -3.10. The summed E-state index contributed by atoms with van der Waals surface area (Å²) in [4.78, 5) is 50.9. The van der Waals surface area contributed by atoms with Gasteiger partial charge in [0.05, 0.1) is 12.5 Å². The third-order valence-electron chi connectivity index (χ3n) is 4.87. The van der Waals surface area contributed by atoms with Crippen LogP contribution in [0.3, 0.4) is 0 Å². The molecule has 1 aromatic rings. The van der Waals surface area contributed by atoms with Crippen LogP contribution < -0.4 is 16.0 Å². The lowest BCUT2D eigenvalue weighted by Crippen LogP contribution is -2.46. The van der Waals surface area contributed by atoms with Crippen molar-refractivity contribution in [3.8, 4) is 0 Å². The zero-order chi connectivity index (χ0) is 18.9. The third-order valence-corrected chi connectivity index (χ3v) is 4.87. The number of primary amides is 1. The summed E-state index contributed by atoms with van der Waals surface area (Å²) in [6.07, 6.45) is -0.246. The summed E-state index contributed by atoms with van der Waals surface area (Å²) < 4.78 is 4.45. The van der Waals surface area contributed by atoms with Gasteiger partial charge in [-0.3, -0.25) is 14.4 Å². The van der Waals surface area contributed by atoms with Gasteiger partial charge in [0, 0.05) is 18.8 Å². The zero-order valence-corrected chi connectivity index (χ0v) is 14.4. The summed E-state index contributed by atoms with van der Waals surface area (Å²) in [5.74, 6) is -1.13. The van der Waals surface area contributed by atoms with Crippen molar-refractivity contribution >= 4 is 29.5 Å². The van der Waals surface area contributed by atoms with E-state index in [2.05, 4.69) is 10.1 Å². The summed E-state index contributed by atoms with van der Waals surface area (Å²) in [7, 11) is 1.21. The lowest BCUT2D eigenvalue weighted by Gasteiger charge is -2.24. The minimum Gasteiger partial charge on any atom is -0.453 e. The van der Waals surface area contributed by atoms with Crippen LogP contribution in [0.25, 0.3) is 0 Å². The number of methoxy groups -OCH3 is 1. The number of hydrogen-bond donors (Lipinski definition) is 2. The average Bonchev–Trinajstić information content (AvgIpc) is 3.17. The smallest absolute Gasteiger partial charge is 0.407 e. The Morgan fingerprint density at radius 2 is 2.04 bits per heavy atom. The Balaban J connectivity index is 1.82. The summed E-state index contributed by atoms with van der Waals surface area (Å²) >= 11 is 0. The number of hydrogen-bond acceptors (Lipinski definition) is 5. The Kier molecular flexibility index (Phi) is 4.54. The second-order valence-electron chi connectivity index (χ2n) is 6.37. The minimum absolute atomic E-state index is 0.194. The molecule has 3 rings (SSSR count). The molecule has 2 heterocycles. The molecule has 138 valence electrons. The van der Waals surface area contributed by atoms with Crippen LogP contribution in [0, 0.1) is 0 Å². The highest BCUT2D eigenvalue weighted by Gasteiger charge is 2.55.